The molecule has 2 aliphatic heterocycles. The fraction of sp³-hybridized carbons (Fsp3) is 0.440. The number of hydrogen-bond acceptors (Lipinski definition) is 3. The quantitative estimate of drug-likeness (QED) is 0.781. The molecule has 2 aliphatic rings. The van der Waals surface area contributed by atoms with E-state index < -0.39 is 0 Å². The van der Waals surface area contributed by atoms with Crippen molar-refractivity contribution < 1.29 is 14.0 Å². The highest BCUT2D eigenvalue weighted by molar-refractivity contribution is 5.89. The largest absolute Gasteiger partial charge is 0.366 e. The Bertz CT molecular complexity index is 941. The number of carbonyl (C=O) groups excluding carboxylic acids is 2. The van der Waals surface area contributed by atoms with E-state index in [1.165, 1.54) is 6.07 Å². The Morgan fingerprint density at radius 2 is 1.69 bits per heavy atom. The molecule has 1 atom stereocenters. The number of para-hydroxylation sites is 1. The zero-order chi connectivity index (χ0) is 22.5. The van der Waals surface area contributed by atoms with Crippen LogP contribution in [0.3, 0.4) is 0 Å². The molecule has 32 heavy (non-hydrogen) atoms. The van der Waals surface area contributed by atoms with Gasteiger partial charge < -0.3 is 20.0 Å². The minimum Gasteiger partial charge on any atom is -0.366 e. The van der Waals surface area contributed by atoms with Crippen molar-refractivity contribution in [2.75, 3.05) is 49.5 Å². The van der Waals surface area contributed by atoms with Crippen molar-refractivity contribution >= 4 is 23.3 Å². The summed E-state index contributed by atoms with van der Waals surface area (Å²) < 4.78 is 14.0. The molecular formula is C25H31FN4O2. The summed E-state index contributed by atoms with van der Waals surface area (Å²) >= 11 is 0. The van der Waals surface area contributed by atoms with Crippen LogP contribution in [-0.2, 0) is 4.79 Å². The van der Waals surface area contributed by atoms with Gasteiger partial charge in [0.25, 0.3) is 0 Å². The van der Waals surface area contributed by atoms with Crippen LogP contribution in [0.5, 0.6) is 0 Å². The van der Waals surface area contributed by atoms with Crippen molar-refractivity contribution in [3.63, 3.8) is 0 Å². The molecule has 0 aliphatic carbocycles. The van der Waals surface area contributed by atoms with Crippen molar-refractivity contribution in [1.82, 2.24) is 9.80 Å². The van der Waals surface area contributed by atoms with E-state index in [-0.39, 0.29) is 23.7 Å². The number of likely N-dealkylation sites (tertiary alicyclic amines) is 1. The number of urea groups is 1. The molecule has 7 heteroatoms. The van der Waals surface area contributed by atoms with Gasteiger partial charge in [0, 0.05) is 51.4 Å². The standard InChI is InChI=1S/C25H31FN4O2/c1-19-8-10-21(11-9-19)27-25(32)30-12-4-5-20(18-30)17-24(31)29-15-13-28(14-16-29)23-7-3-2-6-22(23)26/h2-3,6-11,20H,4-5,12-18H2,1H3,(H,27,32)/t20-/m1/s1. The highest BCUT2D eigenvalue weighted by Crippen LogP contribution is 2.24. The van der Waals surface area contributed by atoms with Gasteiger partial charge >= 0.3 is 6.03 Å². The number of piperazine rings is 1. The molecule has 2 aromatic carbocycles. The lowest BCUT2D eigenvalue weighted by Crippen LogP contribution is -2.50. The Morgan fingerprint density at radius 3 is 2.41 bits per heavy atom. The van der Waals surface area contributed by atoms with E-state index in [4.69, 9.17) is 0 Å². The molecule has 1 N–H and O–H groups in total. The monoisotopic (exact) mass is 438 g/mol. The first kappa shape index (κ1) is 22.1. The molecule has 2 fully saturated rings. The van der Waals surface area contributed by atoms with E-state index in [0.29, 0.717) is 51.4 Å². The van der Waals surface area contributed by atoms with E-state index in [2.05, 4.69) is 5.32 Å². The van der Waals surface area contributed by atoms with Gasteiger partial charge in [0.15, 0.2) is 0 Å². The predicted octanol–water partition coefficient (Wildman–Crippen LogP) is 4.12. The Morgan fingerprint density at radius 1 is 0.969 bits per heavy atom. The minimum absolute atomic E-state index is 0.107. The van der Waals surface area contributed by atoms with Crippen LogP contribution in [0.25, 0.3) is 0 Å². The number of nitrogens with zero attached hydrogens (tertiary/aromatic N) is 3. The van der Waals surface area contributed by atoms with E-state index in [1.807, 2.05) is 52.0 Å². The van der Waals surface area contributed by atoms with E-state index in [9.17, 15) is 14.0 Å². The zero-order valence-electron chi connectivity index (χ0n) is 18.6. The molecule has 6 nitrogen and oxygen atoms in total. The highest BCUT2D eigenvalue weighted by Gasteiger charge is 2.29. The van der Waals surface area contributed by atoms with Gasteiger partial charge in [-0.1, -0.05) is 29.8 Å². The molecule has 170 valence electrons. The smallest absolute Gasteiger partial charge is 0.321 e. The molecule has 0 bridgehead atoms. The Labute approximate surface area is 189 Å². The van der Waals surface area contributed by atoms with Crippen LogP contribution >= 0.6 is 0 Å². The maximum Gasteiger partial charge on any atom is 0.321 e. The van der Waals surface area contributed by atoms with Gasteiger partial charge in [-0.15, -0.1) is 0 Å². The van der Waals surface area contributed by atoms with E-state index in [0.717, 1.165) is 24.1 Å². The van der Waals surface area contributed by atoms with E-state index in [1.54, 1.807) is 12.1 Å². The maximum absolute atomic E-state index is 14.0. The summed E-state index contributed by atoms with van der Waals surface area (Å²) in [6, 6.07) is 14.4. The molecule has 2 saturated heterocycles. The second kappa shape index (κ2) is 10.0. The third-order valence-electron chi connectivity index (χ3n) is 6.40. The van der Waals surface area contributed by atoms with Gasteiger partial charge in [0.2, 0.25) is 5.91 Å². The average Bonchev–Trinajstić information content (AvgIpc) is 2.81. The Hall–Kier alpha value is -3.09. The molecular weight excluding hydrogens is 407 g/mol. The SMILES string of the molecule is Cc1ccc(NC(=O)N2CCC[C@H](CC(=O)N3CCN(c4ccccc4F)CC3)C2)cc1. The molecule has 4 rings (SSSR count). The number of piperidine rings is 1. The maximum atomic E-state index is 14.0. The molecule has 0 spiro atoms. The van der Waals surface area contributed by atoms with Crippen molar-refractivity contribution in [3.8, 4) is 0 Å². The number of halogens is 1. The summed E-state index contributed by atoms with van der Waals surface area (Å²) in [4.78, 5) is 31.2. The minimum atomic E-state index is -0.224. The van der Waals surface area contributed by atoms with Crippen LogP contribution in [-0.4, -0.2) is 61.0 Å². The van der Waals surface area contributed by atoms with Crippen LogP contribution in [0.2, 0.25) is 0 Å². The van der Waals surface area contributed by atoms with Gasteiger partial charge in [-0.3, -0.25) is 4.79 Å². The van der Waals surface area contributed by atoms with E-state index >= 15 is 0 Å². The van der Waals surface area contributed by atoms with Crippen molar-refractivity contribution in [1.29, 1.82) is 0 Å². The normalized spacial score (nSPS) is 19.1. The molecule has 0 unspecified atom stereocenters. The number of carbonyl (C=O) groups is 2. The van der Waals surface area contributed by atoms with Crippen LogP contribution in [0, 0.1) is 18.7 Å². The lowest BCUT2D eigenvalue weighted by atomic mass is 9.94. The molecule has 0 aromatic heterocycles. The lowest BCUT2D eigenvalue weighted by molar-refractivity contribution is -0.132. The van der Waals surface area contributed by atoms with Crippen LogP contribution in [0.4, 0.5) is 20.6 Å². The third-order valence-corrected chi connectivity index (χ3v) is 6.40. The first-order chi connectivity index (χ1) is 15.5. The van der Waals surface area contributed by atoms with Crippen LogP contribution in [0.15, 0.2) is 48.5 Å². The second-order valence-electron chi connectivity index (χ2n) is 8.77. The highest BCUT2D eigenvalue weighted by atomic mass is 19.1. The zero-order valence-corrected chi connectivity index (χ0v) is 18.6. The average molecular weight is 439 g/mol. The summed E-state index contributed by atoms with van der Waals surface area (Å²) in [7, 11) is 0. The van der Waals surface area contributed by atoms with Crippen LogP contribution < -0.4 is 10.2 Å². The third kappa shape index (κ3) is 5.39. The number of aryl methyl sites for hydroxylation is 1. The number of nitrogens with one attached hydrogen (secondary N) is 1. The molecule has 2 heterocycles. The predicted molar refractivity (Wildman–Crippen MR) is 124 cm³/mol. The Balaban J connectivity index is 1.26. The number of benzene rings is 2. The number of amides is 3. The summed E-state index contributed by atoms with van der Waals surface area (Å²) in [6.45, 7) is 5.76. The number of anilines is 2. The molecule has 2 aromatic rings. The lowest BCUT2D eigenvalue weighted by Gasteiger charge is -2.38. The van der Waals surface area contributed by atoms with Gasteiger partial charge in [0.1, 0.15) is 5.82 Å². The number of rotatable bonds is 4. The number of hydrogen-bond donors (Lipinski definition) is 1. The van der Waals surface area contributed by atoms with Crippen molar-refractivity contribution in [2.45, 2.75) is 26.2 Å². The Kier molecular flexibility index (Phi) is 6.93. The van der Waals surface area contributed by atoms with Crippen molar-refractivity contribution in [2.24, 2.45) is 5.92 Å². The fourth-order valence-corrected chi connectivity index (χ4v) is 4.54. The second-order valence-corrected chi connectivity index (χ2v) is 8.77. The molecule has 0 radical (unpaired) electrons. The molecule has 0 saturated carbocycles. The van der Waals surface area contributed by atoms with Gasteiger partial charge in [0.05, 0.1) is 5.69 Å². The topological polar surface area (TPSA) is 55.9 Å². The first-order valence-electron chi connectivity index (χ1n) is 11.4. The van der Waals surface area contributed by atoms with Gasteiger partial charge in [-0.25, -0.2) is 9.18 Å². The summed E-state index contributed by atoms with van der Waals surface area (Å²) in [5.74, 6) is 0.0760. The van der Waals surface area contributed by atoms with Gasteiger partial charge in [-0.05, 0) is 49.9 Å². The first-order valence-corrected chi connectivity index (χ1v) is 11.4. The van der Waals surface area contributed by atoms with Gasteiger partial charge in [-0.2, -0.15) is 0 Å². The summed E-state index contributed by atoms with van der Waals surface area (Å²) in [5.41, 5.74) is 2.53. The van der Waals surface area contributed by atoms with Crippen LogP contribution in [0.1, 0.15) is 24.8 Å². The fourth-order valence-electron chi connectivity index (χ4n) is 4.54. The molecule has 3 amide bonds. The summed E-state index contributed by atoms with van der Waals surface area (Å²) in [6.07, 6.45) is 2.31. The van der Waals surface area contributed by atoms with Crippen molar-refractivity contribution in [3.05, 3.63) is 59.9 Å². The summed E-state index contributed by atoms with van der Waals surface area (Å²) in [5, 5.41) is 2.96.